The summed E-state index contributed by atoms with van der Waals surface area (Å²) in [5.41, 5.74) is 3.58. The lowest BCUT2D eigenvalue weighted by Gasteiger charge is -2.17. The van der Waals surface area contributed by atoms with Crippen molar-refractivity contribution < 1.29 is 22.7 Å². The molecule has 8 heteroatoms. The van der Waals surface area contributed by atoms with Crippen molar-refractivity contribution in [2.45, 2.75) is 51.7 Å². The fraction of sp³-hybridized carbons (Fsp3) is 0.435. The van der Waals surface area contributed by atoms with E-state index in [9.17, 15) is 13.2 Å². The zero-order valence-electron chi connectivity index (χ0n) is 18.9. The van der Waals surface area contributed by atoms with Gasteiger partial charge in [-0.2, -0.15) is 0 Å². The number of aryl methyl sites for hydroxylation is 1. The summed E-state index contributed by atoms with van der Waals surface area (Å²) in [6.45, 7) is 8.22. The fourth-order valence-electron chi connectivity index (χ4n) is 3.61. The molecule has 31 heavy (non-hydrogen) atoms. The van der Waals surface area contributed by atoms with Crippen molar-refractivity contribution in [1.82, 2.24) is 9.62 Å². The Morgan fingerprint density at radius 3 is 2.58 bits per heavy atom. The van der Waals surface area contributed by atoms with Crippen molar-refractivity contribution in [3.05, 3.63) is 52.1 Å². The van der Waals surface area contributed by atoms with Crippen molar-refractivity contribution in [2.75, 3.05) is 20.7 Å². The molecule has 2 aromatic carbocycles. The number of amides is 1. The van der Waals surface area contributed by atoms with Gasteiger partial charge in [0.15, 0.2) is 0 Å². The van der Waals surface area contributed by atoms with Gasteiger partial charge in [0, 0.05) is 43.8 Å². The molecule has 0 aromatic heterocycles. The van der Waals surface area contributed by atoms with E-state index in [1.807, 2.05) is 26.0 Å². The van der Waals surface area contributed by atoms with E-state index >= 15 is 0 Å². The number of carbonyl (C=O) groups excluding carboxylic acids is 1. The summed E-state index contributed by atoms with van der Waals surface area (Å²) in [7, 11) is -0.712. The molecule has 0 unspecified atom stereocenters. The van der Waals surface area contributed by atoms with Crippen LogP contribution in [0.4, 0.5) is 0 Å². The van der Waals surface area contributed by atoms with Gasteiger partial charge in [0.25, 0.3) is 5.91 Å². The third kappa shape index (κ3) is 4.70. The highest BCUT2D eigenvalue weighted by molar-refractivity contribution is 7.89. The van der Waals surface area contributed by atoms with Crippen molar-refractivity contribution in [1.29, 1.82) is 0 Å². The number of sulfonamides is 1. The molecule has 0 radical (unpaired) electrons. The van der Waals surface area contributed by atoms with Crippen molar-refractivity contribution in [3.8, 4) is 11.5 Å². The molecule has 1 atom stereocenters. The quantitative estimate of drug-likeness (QED) is 0.706. The normalized spacial score (nSPS) is 15.5. The average Bonchev–Trinajstić information content (AvgIpc) is 3.06. The fourth-order valence-corrected chi connectivity index (χ4v) is 4.83. The molecule has 0 saturated heterocycles. The van der Waals surface area contributed by atoms with Gasteiger partial charge in [0.1, 0.15) is 17.6 Å². The van der Waals surface area contributed by atoms with E-state index in [-0.39, 0.29) is 23.5 Å². The number of hydrogen-bond acceptors (Lipinski definition) is 5. The lowest BCUT2D eigenvalue weighted by Crippen LogP contribution is -2.26. The Morgan fingerprint density at radius 1 is 1.23 bits per heavy atom. The Bertz CT molecular complexity index is 1110. The van der Waals surface area contributed by atoms with Crippen LogP contribution in [-0.2, 0) is 23.0 Å². The number of nitrogens with one attached hydrogen (secondary N) is 1. The maximum absolute atomic E-state index is 12.9. The van der Waals surface area contributed by atoms with E-state index in [4.69, 9.17) is 9.47 Å². The first kappa shape index (κ1) is 23.1. The molecule has 1 amide bonds. The molecule has 168 valence electrons. The van der Waals surface area contributed by atoms with Gasteiger partial charge in [-0.1, -0.05) is 0 Å². The molecule has 7 nitrogen and oxygen atoms in total. The standard InChI is InChI=1S/C23H30N2O5S/c1-7-29-20-10-17-9-15(3)30-21(17)11-19(20)13-24-23(26)18-8-14(2)16(4)22(12-18)31(27,28)25(5)6/h8,10-12,15H,7,9,13H2,1-6H3,(H,24,26)/t15-/m0/s1. The van der Waals surface area contributed by atoms with E-state index in [0.717, 1.165) is 38.9 Å². The highest BCUT2D eigenvalue weighted by atomic mass is 32.2. The lowest BCUT2D eigenvalue weighted by atomic mass is 10.0. The summed E-state index contributed by atoms with van der Waals surface area (Å²) >= 11 is 0. The molecule has 3 rings (SSSR count). The van der Waals surface area contributed by atoms with Crippen LogP contribution in [0.2, 0.25) is 0 Å². The number of carbonyl (C=O) groups is 1. The monoisotopic (exact) mass is 446 g/mol. The van der Waals surface area contributed by atoms with Crippen LogP contribution in [0.3, 0.4) is 0 Å². The van der Waals surface area contributed by atoms with Crippen LogP contribution in [0.1, 0.15) is 46.5 Å². The molecule has 1 aliphatic heterocycles. The van der Waals surface area contributed by atoms with Crippen molar-refractivity contribution in [3.63, 3.8) is 0 Å². The third-order valence-corrected chi connectivity index (χ3v) is 7.40. The molecule has 0 aliphatic carbocycles. The van der Waals surface area contributed by atoms with Crippen LogP contribution in [0.25, 0.3) is 0 Å². The highest BCUT2D eigenvalue weighted by Crippen LogP contribution is 2.35. The van der Waals surface area contributed by atoms with E-state index < -0.39 is 10.0 Å². The van der Waals surface area contributed by atoms with Crippen LogP contribution in [-0.4, -0.2) is 45.4 Å². The number of hydrogen-bond donors (Lipinski definition) is 1. The van der Waals surface area contributed by atoms with Gasteiger partial charge in [0.2, 0.25) is 10.0 Å². The Hall–Kier alpha value is -2.58. The smallest absolute Gasteiger partial charge is 0.251 e. The van der Waals surface area contributed by atoms with E-state index in [2.05, 4.69) is 5.32 Å². The number of benzene rings is 2. The molecule has 0 spiro atoms. The Morgan fingerprint density at radius 2 is 1.94 bits per heavy atom. The molecule has 0 fully saturated rings. The van der Waals surface area contributed by atoms with Gasteiger partial charge in [-0.3, -0.25) is 4.79 Å². The molecular formula is C23H30N2O5S. The van der Waals surface area contributed by atoms with Gasteiger partial charge in [-0.05, 0) is 63.1 Å². The maximum atomic E-state index is 12.9. The van der Waals surface area contributed by atoms with Crippen LogP contribution in [0.15, 0.2) is 29.2 Å². The minimum atomic E-state index is -3.66. The molecule has 1 N–H and O–H groups in total. The summed E-state index contributed by atoms with van der Waals surface area (Å²) in [6, 6.07) is 7.02. The number of ether oxygens (including phenoxy) is 2. The second-order valence-corrected chi connectivity index (χ2v) is 10.1. The predicted octanol–water partition coefficient (Wildman–Crippen LogP) is 3.21. The van der Waals surface area contributed by atoms with Crippen LogP contribution >= 0.6 is 0 Å². The predicted molar refractivity (Wildman–Crippen MR) is 119 cm³/mol. The zero-order chi connectivity index (χ0) is 22.9. The average molecular weight is 447 g/mol. The van der Waals surface area contributed by atoms with Gasteiger partial charge in [-0.15, -0.1) is 0 Å². The summed E-state index contributed by atoms with van der Waals surface area (Å²) in [6.07, 6.45) is 0.940. The van der Waals surface area contributed by atoms with Crippen LogP contribution in [0.5, 0.6) is 11.5 Å². The lowest BCUT2D eigenvalue weighted by molar-refractivity contribution is 0.0950. The van der Waals surface area contributed by atoms with Crippen molar-refractivity contribution in [2.24, 2.45) is 0 Å². The Labute approximate surface area is 184 Å². The van der Waals surface area contributed by atoms with Gasteiger partial charge in [-0.25, -0.2) is 12.7 Å². The van der Waals surface area contributed by atoms with E-state index in [1.54, 1.807) is 19.9 Å². The largest absolute Gasteiger partial charge is 0.494 e. The molecule has 0 saturated carbocycles. The number of rotatable bonds is 7. The molecule has 0 bridgehead atoms. The minimum absolute atomic E-state index is 0.113. The summed E-state index contributed by atoms with van der Waals surface area (Å²) < 4.78 is 38.1. The third-order valence-electron chi connectivity index (χ3n) is 5.46. The van der Waals surface area contributed by atoms with Crippen LogP contribution < -0.4 is 14.8 Å². The van der Waals surface area contributed by atoms with Gasteiger partial charge < -0.3 is 14.8 Å². The highest BCUT2D eigenvalue weighted by Gasteiger charge is 2.24. The van der Waals surface area contributed by atoms with Crippen molar-refractivity contribution >= 4 is 15.9 Å². The van der Waals surface area contributed by atoms with Crippen LogP contribution in [0, 0.1) is 13.8 Å². The molecular weight excluding hydrogens is 416 g/mol. The first-order chi connectivity index (χ1) is 14.5. The topological polar surface area (TPSA) is 84.9 Å². The molecule has 1 heterocycles. The van der Waals surface area contributed by atoms with E-state index in [0.29, 0.717) is 17.7 Å². The van der Waals surface area contributed by atoms with Gasteiger partial charge >= 0.3 is 0 Å². The molecule has 2 aromatic rings. The Kier molecular flexibility index (Phi) is 6.62. The minimum Gasteiger partial charge on any atom is -0.494 e. The van der Waals surface area contributed by atoms with E-state index in [1.165, 1.54) is 20.2 Å². The Balaban J connectivity index is 1.87. The first-order valence-corrected chi connectivity index (χ1v) is 11.8. The maximum Gasteiger partial charge on any atom is 0.251 e. The molecule has 1 aliphatic rings. The second kappa shape index (κ2) is 8.88. The second-order valence-electron chi connectivity index (χ2n) is 8.02. The summed E-state index contributed by atoms with van der Waals surface area (Å²) in [5, 5.41) is 2.89. The number of fused-ring (bicyclic) bond motifs is 1. The zero-order valence-corrected chi connectivity index (χ0v) is 19.7. The van der Waals surface area contributed by atoms with Gasteiger partial charge in [0.05, 0.1) is 11.5 Å². The SMILES string of the molecule is CCOc1cc2c(cc1CNC(=O)c1cc(C)c(C)c(S(=O)(=O)N(C)C)c1)O[C@@H](C)C2. The summed E-state index contributed by atoms with van der Waals surface area (Å²) in [4.78, 5) is 13.0. The summed E-state index contributed by atoms with van der Waals surface area (Å²) in [5.74, 6) is 1.18. The first-order valence-electron chi connectivity index (χ1n) is 10.3. The number of nitrogens with zero attached hydrogens (tertiary/aromatic N) is 1.